The molecule has 0 spiro atoms. The summed E-state index contributed by atoms with van der Waals surface area (Å²) in [6, 6.07) is 11.1. The van der Waals surface area contributed by atoms with E-state index in [1.165, 1.54) is 31.0 Å². The first-order valence-corrected chi connectivity index (χ1v) is 9.99. The van der Waals surface area contributed by atoms with Crippen LogP contribution in [0.15, 0.2) is 60.3 Å². The number of nitrogens with zero attached hydrogens (tertiary/aromatic N) is 3. The van der Waals surface area contributed by atoms with Gasteiger partial charge in [0.05, 0.1) is 20.0 Å². The Labute approximate surface area is 177 Å². The summed E-state index contributed by atoms with van der Waals surface area (Å²) in [4.78, 5) is 12.4. The van der Waals surface area contributed by atoms with Crippen LogP contribution in [0.2, 0.25) is 0 Å². The largest absolute Gasteiger partial charge is 0.493 e. The fourth-order valence-electron chi connectivity index (χ4n) is 2.74. The third kappa shape index (κ3) is 4.98. The molecule has 0 radical (unpaired) electrons. The topological polar surface area (TPSA) is 78.3 Å². The summed E-state index contributed by atoms with van der Waals surface area (Å²) >= 11 is 1.25. The van der Waals surface area contributed by atoms with Crippen molar-refractivity contribution >= 4 is 23.4 Å². The average molecular weight is 428 g/mol. The molecule has 0 fully saturated rings. The zero-order valence-electron chi connectivity index (χ0n) is 16.6. The lowest BCUT2D eigenvalue weighted by atomic mass is 10.2. The van der Waals surface area contributed by atoms with Crippen molar-refractivity contribution in [1.29, 1.82) is 0 Å². The van der Waals surface area contributed by atoms with Crippen LogP contribution in [0.3, 0.4) is 0 Å². The molecular weight excluding hydrogens is 407 g/mol. The molecule has 0 bridgehead atoms. The van der Waals surface area contributed by atoms with Crippen LogP contribution in [0.4, 0.5) is 10.1 Å². The van der Waals surface area contributed by atoms with E-state index in [0.717, 1.165) is 5.56 Å². The van der Waals surface area contributed by atoms with E-state index in [2.05, 4.69) is 22.1 Å². The van der Waals surface area contributed by atoms with E-state index >= 15 is 0 Å². The number of rotatable bonds is 9. The lowest BCUT2D eigenvalue weighted by molar-refractivity contribution is -0.113. The first-order valence-electron chi connectivity index (χ1n) is 9.00. The second-order valence-corrected chi connectivity index (χ2v) is 7.06. The molecule has 0 aliphatic rings. The highest BCUT2D eigenvalue weighted by Gasteiger charge is 2.15. The summed E-state index contributed by atoms with van der Waals surface area (Å²) in [7, 11) is 3.08. The van der Waals surface area contributed by atoms with Gasteiger partial charge in [0, 0.05) is 23.9 Å². The number of carbonyl (C=O) groups excluding carboxylic acids is 1. The van der Waals surface area contributed by atoms with Gasteiger partial charge in [0.15, 0.2) is 22.5 Å². The number of methoxy groups -OCH3 is 2. The van der Waals surface area contributed by atoms with Crippen molar-refractivity contribution in [3.63, 3.8) is 0 Å². The Morgan fingerprint density at radius 3 is 2.57 bits per heavy atom. The van der Waals surface area contributed by atoms with Crippen LogP contribution in [-0.4, -0.2) is 40.6 Å². The van der Waals surface area contributed by atoms with Crippen LogP contribution >= 0.6 is 11.8 Å². The Kier molecular flexibility index (Phi) is 7.08. The van der Waals surface area contributed by atoms with Crippen LogP contribution < -0.4 is 14.8 Å². The van der Waals surface area contributed by atoms with Gasteiger partial charge >= 0.3 is 0 Å². The van der Waals surface area contributed by atoms with Gasteiger partial charge in [0.1, 0.15) is 5.82 Å². The molecule has 0 atom stereocenters. The SMILES string of the molecule is C=CCn1c(SCC(=O)Nc2ccc(OC)c(OC)c2)nnc1-c1ccc(F)cc1. The Bertz CT molecular complexity index is 1040. The molecule has 0 aliphatic carbocycles. The molecule has 0 saturated carbocycles. The number of hydrogen-bond donors (Lipinski definition) is 1. The summed E-state index contributed by atoms with van der Waals surface area (Å²) in [6.45, 7) is 4.22. The molecule has 156 valence electrons. The predicted octanol–water partition coefficient (Wildman–Crippen LogP) is 4.02. The summed E-state index contributed by atoms with van der Waals surface area (Å²) in [6.07, 6.45) is 1.71. The number of allylic oxidation sites excluding steroid dienone is 1. The zero-order chi connectivity index (χ0) is 21.5. The smallest absolute Gasteiger partial charge is 0.234 e. The monoisotopic (exact) mass is 428 g/mol. The van der Waals surface area contributed by atoms with Gasteiger partial charge in [-0.2, -0.15) is 0 Å². The van der Waals surface area contributed by atoms with Crippen LogP contribution in [0, 0.1) is 5.82 Å². The number of ether oxygens (including phenoxy) is 2. The molecule has 0 unspecified atom stereocenters. The van der Waals surface area contributed by atoms with Gasteiger partial charge in [-0.15, -0.1) is 16.8 Å². The Balaban J connectivity index is 1.70. The van der Waals surface area contributed by atoms with Crippen molar-refractivity contribution in [2.45, 2.75) is 11.7 Å². The zero-order valence-corrected chi connectivity index (χ0v) is 17.4. The number of benzene rings is 2. The van der Waals surface area contributed by atoms with Gasteiger partial charge in [-0.05, 0) is 36.4 Å². The van der Waals surface area contributed by atoms with E-state index in [1.807, 2.05) is 4.57 Å². The number of thioether (sulfide) groups is 1. The minimum atomic E-state index is -0.324. The molecule has 3 aromatic rings. The van der Waals surface area contributed by atoms with Crippen molar-refractivity contribution in [2.75, 3.05) is 25.3 Å². The second-order valence-electron chi connectivity index (χ2n) is 6.12. The molecular formula is C21H21FN4O3S. The summed E-state index contributed by atoms with van der Waals surface area (Å²) in [5, 5.41) is 11.8. The average Bonchev–Trinajstić information content (AvgIpc) is 3.15. The summed E-state index contributed by atoms with van der Waals surface area (Å²) in [5.74, 6) is 1.29. The van der Waals surface area contributed by atoms with Gasteiger partial charge < -0.3 is 14.8 Å². The standard InChI is InChI=1S/C21H21FN4O3S/c1-4-11-26-20(14-5-7-15(22)8-6-14)24-25-21(26)30-13-19(27)23-16-9-10-17(28-2)18(12-16)29-3/h4-10,12H,1,11,13H2,2-3H3,(H,23,27). The number of hydrogen-bond acceptors (Lipinski definition) is 6. The van der Waals surface area contributed by atoms with Crippen molar-refractivity contribution in [1.82, 2.24) is 14.8 Å². The van der Waals surface area contributed by atoms with Gasteiger partial charge in [0.25, 0.3) is 0 Å². The molecule has 1 N–H and O–H groups in total. The second kappa shape index (κ2) is 9.93. The fourth-order valence-corrected chi connectivity index (χ4v) is 3.49. The number of halogens is 1. The van der Waals surface area contributed by atoms with Gasteiger partial charge in [-0.1, -0.05) is 17.8 Å². The number of nitrogens with one attached hydrogen (secondary N) is 1. The maximum atomic E-state index is 13.2. The van der Waals surface area contributed by atoms with Crippen LogP contribution in [0.1, 0.15) is 0 Å². The van der Waals surface area contributed by atoms with E-state index in [-0.39, 0.29) is 17.5 Å². The van der Waals surface area contributed by atoms with Gasteiger partial charge in [-0.25, -0.2) is 4.39 Å². The molecule has 3 rings (SSSR count). The number of amides is 1. The number of carbonyl (C=O) groups is 1. The molecule has 1 amide bonds. The van der Waals surface area contributed by atoms with E-state index in [0.29, 0.717) is 34.7 Å². The van der Waals surface area contributed by atoms with Crippen molar-refractivity contribution in [3.8, 4) is 22.9 Å². The van der Waals surface area contributed by atoms with Gasteiger partial charge in [0.2, 0.25) is 5.91 Å². The quantitative estimate of drug-likeness (QED) is 0.410. The molecule has 30 heavy (non-hydrogen) atoms. The Morgan fingerprint density at radius 2 is 1.90 bits per heavy atom. The minimum absolute atomic E-state index is 0.132. The Morgan fingerprint density at radius 1 is 1.17 bits per heavy atom. The summed E-state index contributed by atoms with van der Waals surface area (Å²) < 4.78 is 25.5. The molecule has 7 nitrogen and oxygen atoms in total. The maximum Gasteiger partial charge on any atom is 0.234 e. The Hall–Kier alpha value is -3.33. The molecule has 1 aromatic heterocycles. The van der Waals surface area contributed by atoms with Gasteiger partial charge in [-0.3, -0.25) is 9.36 Å². The highest BCUT2D eigenvalue weighted by atomic mass is 32.2. The lowest BCUT2D eigenvalue weighted by Gasteiger charge is -2.11. The third-order valence-corrected chi connectivity index (χ3v) is 5.10. The third-order valence-electron chi connectivity index (χ3n) is 4.13. The molecule has 1 heterocycles. The number of anilines is 1. The lowest BCUT2D eigenvalue weighted by Crippen LogP contribution is -2.14. The van der Waals surface area contributed by atoms with Crippen LogP contribution in [-0.2, 0) is 11.3 Å². The number of aromatic nitrogens is 3. The maximum absolute atomic E-state index is 13.2. The van der Waals surface area contributed by atoms with E-state index in [9.17, 15) is 9.18 Å². The highest BCUT2D eigenvalue weighted by Crippen LogP contribution is 2.30. The van der Waals surface area contributed by atoms with E-state index in [4.69, 9.17) is 9.47 Å². The van der Waals surface area contributed by atoms with Crippen molar-refractivity contribution in [2.24, 2.45) is 0 Å². The van der Waals surface area contributed by atoms with Crippen molar-refractivity contribution in [3.05, 3.63) is 60.9 Å². The van der Waals surface area contributed by atoms with Crippen molar-refractivity contribution < 1.29 is 18.7 Å². The van der Waals surface area contributed by atoms with E-state index < -0.39 is 0 Å². The molecule has 9 heteroatoms. The normalized spacial score (nSPS) is 10.5. The first kappa shape index (κ1) is 21.4. The first-order chi connectivity index (χ1) is 14.5. The fraction of sp³-hybridized carbons (Fsp3) is 0.190. The molecule has 0 aliphatic heterocycles. The van der Waals surface area contributed by atoms with Crippen LogP contribution in [0.5, 0.6) is 11.5 Å². The van der Waals surface area contributed by atoms with E-state index in [1.54, 1.807) is 43.5 Å². The molecule has 0 saturated heterocycles. The highest BCUT2D eigenvalue weighted by molar-refractivity contribution is 7.99. The summed E-state index contributed by atoms with van der Waals surface area (Å²) in [5.41, 5.74) is 1.32. The van der Waals surface area contributed by atoms with Crippen LogP contribution in [0.25, 0.3) is 11.4 Å². The minimum Gasteiger partial charge on any atom is -0.493 e. The molecule has 2 aromatic carbocycles. The predicted molar refractivity (Wildman–Crippen MR) is 115 cm³/mol.